The smallest absolute Gasteiger partial charge is 0.305 e. The molecule has 10 heteroatoms. The van der Waals surface area contributed by atoms with Crippen molar-refractivity contribution in [2.45, 2.75) is 59.2 Å². The SMILES string of the molecule is CCOCCOCCOCCNP(=S)(OC(C)CCC(=O)OC)OC(C)(C)C. The fourth-order valence-electron chi connectivity index (χ4n) is 2.00. The zero-order valence-electron chi connectivity index (χ0n) is 18.2. The number of hydrogen-bond donors (Lipinski definition) is 1. The highest BCUT2D eigenvalue weighted by atomic mass is 32.5. The first-order valence-corrected chi connectivity index (χ1v) is 12.3. The summed E-state index contributed by atoms with van der Waals surface area (Å²) in [5.41, 5.74) is -0.458. The van der Waals surface area contributed by atoms with Crippen LogP contribution in [0.15, 0.2) is 0 Å². The van der Waals surface area contributed by atoms with Crippen LogP contribution in [0, 0.1) is 0 Å². The standard InChI is InChI=1S/C18H38NO7PS/c1-7-22-12-13-24-15-14-23-11-10-19-27(28,26-18(3,4)5)25-16(2)8-9-17(20)21-6/h16H,7-15H2,1-6H3,(H,19,28). The molecule has 1 N–H and O–H groups in total. The molecular weight excluding hydrogens is 405 g/mol. The lowest BCUT2D eigenvalue weighted by molar-refractivity contribution is -0.141. The van der Waals surface area contributed by atoms with Gasteiger partial charge >= 0.3 is 5.97 Å². The van der Waals surface area contributed by atoms with Gasteiger partial charge < -0.3 is 28.0 Å². The molecule has 8 nitrogen and oxygen atoms in total. The summed E-state index contributed by atoms with van der Waals surface area (Å²) in [5, 5.41) is 3.18. The molecule has 0 saturated carbocycles. The molecule has 0 amide bonds. The van der Waals surface area contributed by atoms with E-state index in [1.807, 2.05) is 34.6 Å². The van der Waals surface area contributed by atoms with Crippen LogP contribution in [0.25, 0.3) is 0 Å². The molecule has 0 bridgehead atoms. The van der Waals surface area contributed by atoms with E-state index in [2.05, 4.69) is 9.82 Å². The van der Waals surface area contributed by atoms with Crippen molar-refractivity contribution in [2.24, 2.45) is 0 Å². The van der Waals surface area contributed by atoms with Gasteiger partial charge in [-0.2, -0.15) is 0 Å². The second-order valence-corrected chi connectivity index (χ2v) is 10.2. The van der Waals surface area contributed by atoms with Crippen molar-refractivity contribution < 1.29 is 32.8 Å². The van der Waals surface area contributed by atoms with Crippen LogP contribution in [-0.4, -0.2) is 71.0 Å². The van der Waals surface area contributed by atoms with Crippen LogP contribution >= 0.6 is 6.64 Å². The van der Waals surface area contributed by atoms with Crippen LogP contribution in [0.5, 0.6) is 0 Å². The fraction of sp³-hybridized carbons (Fsp3) is 0.944. The minimum Gasteiger partial charge on any atom is -0.469 e. The Morgan fingerprint density at radius 3 is 2.18 bits per heavy atom. The van der Waals surface area contributed by atoms with E-state index in [-0.39, 0.29) is 18.5 Å². The molecule has 0 fully saturated rings. The minimum atomic E-state index is -2.74. The van der Waals surface area contributed by atoms with Crippen molar-refractivity contribution in [3.05, 3.63) is 0 Å². The maximum absolute atomic E-state index is 11.3. The molecule has 0 heterocycles. The Morgan fingerprint density at radius 2 is 1.64 bits per heavy atom. The van der Waals surface area contributed by atoms with Crippen LogP contribution < -0.4 is 5.09 Å². The molecule has 0 aliphatic heterocycles. The zero-order chi connectivity index (χ0) is 21.5. The Kier molecular flexibility index (Phi) is 15.6. The number of carbonyl (C=O) groups is 1. The number of ether oxygens (including phenoxy) is 4. The second kappa shape index (κ2) is 15.7. The number of methoxy groups -OCH3 is 1. The molecule has 0 aromatic carbocycles. The van der Waals surface area contributed by atoms with E-state index < -0.39 is 12.2 Å². The molecule has 0 saturated heterocycles. The Hall–Kier alpha value is -0.120. The lowest BCUT2D eigenvalue weighted by Gasteiger charge is -2.32. The van der Waals surface area contributed by atoms with Crippen molar-refractivity contribution in [2.75, 3.05) is 53.3 Å². The molecule has 0 aliphatic carbocycles. The highest BCUT2D eigenvalue weighted by Gasteiger charge is 2.28. The van der Waals surface area contributed by atoms with Gasteiger partial charge in [0.15, 0.2) is 0 Å². The lowest BCUT2D eigenvalue weighted by Crippen LogP contribution is -2.28. The van der Waals surface area contributed by atoms with Crippen LogP contribution in [-0.2, 0) is 44.6 Å². The van der Waals surface area contributed by atoms with Gasteiger partial charge in [0.1, 0.15) is 0 Å². The van der Waals surface area contributed by atoms with Crippen LogP contribution in [0.1, 0.15) is 47.5 Å². The summed E-state index contributed by atoms with van der Waals surface area (Å²) in [6.07, 6.45) is 0.546. The van der Waals surface area contributed by atoms with Gasteiger partial charge in [-0.25, -0.2) is 5.09 Å². The molecule has 0 rings (SSSR count). The van der Waals surface area contributed by atoms with Gasteiger partial charge in [-0.3, -0.25) is 4.79 Å². The predicted octanol–water partition coefficient (Wildman–Crippen LogP) is 3.04. The van der Waals surface area contributed by atoms with Crippen molar-refractivity contribution in [1.82, 2.24) is 5.09 Å². The average Bonchev–Trinajstić information content (AvgIpc) is 2.59. The van der Waals surface area contributed by atoms with Crippen LogP contribution in [0.2, 0.25) is 0 Å². The Morgan fingerprint density at radius 1 is 1.07 bits per heavy atom. The summed E-state index contributed by atoms with van der Waals surface area (Å²) < 4.78 is 32.7. The van der Waals surface area contributed by atoms with Crippen LogP contribution in [0.3, 0.4) is 0 Å². The van der Waals surface area contributed by atoms with E-state index in [1.54, 1.807) is 0 Å². The topological polar surface area (TPSA) is 84.5 Å². The fourth-order valence-corrected chi connectivity index (χ4v) is 5.24. The molecule has 0 radical (unpaired) electrons. The Labute approximate surface area is 175 Å². The van der Waals surface area contributed by atoms with E-state index in [4.69, 9.17) is 35.1 Å². The van der Waals surface area contributed by atoms with Crippen molar-refractivity contribution in [1.29, 1.82) is 0 Å². The van der Waals surface area contributed by atoms with Gasteiger partial charge in [0.2, 0.25) is 0 Å². The molecule has 0 aliphatic rings. The number of esters is 1. The number of nitrogens with one attached hydrogen (secondary N) is 1. The van der Waals surface area contributed by atoms with Crippen molar-refractivity contribution in [3.63, 3.8) is 0 Å². The zero-order valence-corrected chi connectivity index (χ0v) is 19.9. The molecule has 0 spiro atoms. The number of carbonyl (C=O) groups excluding carboxylic acids is 1. The largest absolute Gasteiger partial charge is 0.469 e. The molecule has 2 unspecified atom stereocenters. The first-order valence-electron chi connectivity index (χ1n) is 9.66. The molecule has 28 heavy (non-hydrogen) atoms. The van der Waals surface area contributed by atoms with E-state index in [9.17, 15) is 4.79 Å². The van der Waals surface area contributed by atoms with E-state index in [0.29, 0.717) is 52.6 Å². The number of rotatable bonds is 17. The molecule has 168 valence electrons. The maximum atomic E-state index is 11.3. The van der Waals surface area contributed by atoms with Crippen molar-refractivity contribution >= 4 is 24.4 Å². The predicted molar refractivity (Wildman–Crippen MR) is 113 cm³/mol. The monoisotopic (exact) mass is 443 g/mol. The third-order valence-electron chi connectivity index (χ3n) is 3.20. The Balaban J connectivity index is 4.23. The van der Waals surface area contributed by atoms with Gasteiger partial charge in [0.05, 0.1) is 51.8 Å². The second-order valence-electron chi connectivity index (χ2n) is 7.06. The van der Waals surface area contributed by atoms with Gasteiger partial charge in [-0.1, -0.05) is 0 Å². The van der Waals surface area contributed by atoms with Crippen LogP contribution in [0.4, 0.5) is 0 Å². The quantitative estimate of drug-likeness (QED) is 0.207. The summed E-state index contributed by atoms with van der Waals surface area (Å²) in [7, 11) is 1.37. The molecule has 2 atom stereocenters. The normalized spacial score (nSPS) is 15.2. The molecule has 0 aromatic rings. The van der Waals surface area contributed by atoms with Gasteiger partial charge in [0, 0.05) is 19.6 Å². The minimum absolute atomic E-state index is 0.237. The number of hydrogen-bond acceptors (Lipinski definition) is 8. The highest BCUT2D eigenvalue weighted by Crippen LogP contribution is 2.49. The summed E-state index contributed by atoms with van der Waals surface area (Å²) in [6, 6.07) is 0. The highest BCUT2D eigenvalue weighted by molar-refractivity contribution is 8.09. The van der Waals surface area contributed by atoms with Gasteiger partial charge in [-0.15, -0.1) is 0 Å². The summed E-state index contributed by atoms with van der Waals surface area (Å²) >= 11 is 5.64. The van der Waals surface area contributed by atoms with Gasteiger partial charge in [-0.05, 0) is 52.8 Å². The summed E-state index contributed by atoms with van der Waals surface area (Å²) in [6.45, 7) is 10.7. The van der Waals surface area contributed by atoms with E-state index in [0.717, 1.165) is 0 Å². The third-order valence-corrected chi connectivity index (χ3v) is 6.10. The third kappa shape index (κ3) is 16.8. The average molecular weight is 444 g/mol. The van der Waals surface area contributed by atoms with Crippen molar-refractivity contribution in [3.8, 4) is 0 Å². The summed E-state index contributed by atoms with van der Waals surface area (Å²) in [4.78, 5) is 11.3. The molecular formula is C18H38NO7PS. The maximum Gasteiger partial charge on any atom is 0.305 e. The van der Waals surface area contributed by atoms with E-state index in [1.165, 1.54) is 7.11 Å². The van der Waals surface area contributed by atoms with Gasteiger partial charge in [0.25, 0.3) is 6.64 Å². The Bertz CT molecular complexity index is 460. The van der Waals surface area contributed by atoms with E-state index >= 15 is 0 Å². The first kappa shape index (κ1) is 27.9. The lowest BCUT2D eigenvalue weighted by atomic mass is 10.2. The summed E-state index contributed by atoms with van der Waals surface area (Å²) in [5.74, 6) is -0.273. The first-order chi connectivity index (χ1) is 13.1. The molecule has 0 aromatic heterocycles.